The third-order valence-electron chi connectivity index (χ3n) is 2.81. The Kier molecular flexibility index (Phi) is 4.98. The third kappa shape index (κ3) is 3.49. The van der Waals surface area contributed by atoms with Gasteiger partial charge in [-0.25, -0.2) is 0 Å². The molecule has 0 fully saturated rings. The number of rotatable bonds is 5. The van der Waals surface area contributed by atoms with Gasteiger partial charge in [0.25, 0.3) is 0 Å². The number of hydrogen-bond donors (Lipinski definition) is 1. The zero-order valence-corrected chi connectivity index (χ0v) is 12.8. The van der Waals surface area contributed by atoms with Crippen LogP contribution in [-0.2, 0) is 0 Å². The molecule has 0 aliphatic rings. The number of hydrogen-bond acceptors (Lipinski definition) is 5. The first-order chi connectivity index (χ1) is 9.63. The summed E-state index contributed by atoms with van der Waals surface area (Å²) in [6.45, 7) is 5.84. The van der Waals surface area contributed by atoms with Crippen LogP contribution in [0.4, 0.5) is 17.5 Å². The van der Waals surface area contributed by atoms with Crippen molar-refractivity contribution in [3.8, 4) is 0 Å². The second kappa shape index (κ2) is 6.72. The summed E-state index contributed by atoms with van der Waals surface area (Å²) < 4.78 is 0. The van der Waals surface area contributed by atoms with E-state index in [0.29, 0.717) is 21.7 Å². The molecule has 2 aromatic rings. The van der Waals surface area contributed by atoms with Crippen molar-refractivity contribution in [1.82, 2.24) is 15.2 Å². The van der Waals surface area contributed by atoms with E-state index in [1.54, 1.807) is 24.4 Å². The monoisotopic (exact) mass is 311 g/mol. The number of halogens is 2. The molecule has 0 saturated heterocycles. The van der Waals surface area contributed by atoms with Crippen LogP contribution in [0.5, 0.6) is 0 Å². The molecule has 1 aromatic carbocycles. The number of anilines is 3. The Morgan fingerprint density at radius 1 is 1.20 bits per heavy atom. The highest BCUT2D eigenvalue weighted by Gasteiger charge is 2.08. The Hall–Kier alpha value is -1.59. The van der Waals surface area contributed by atoms with Crippen molar-refractivity contribution in [3.05, 3.63) is 34.4 Å². The number of aromatic nitrogens is 3. The lowest BCUT2D eigenvalue weighted by Crippen LogP contribution is -2.23. The maximum absolute atomic E-state index is 6.10. The minimum Gasteiger partial charge on any atom is -0.356 e. The molecule has 0 unspecified atom stereocenters. The minimum atomic E-state index is 0.402. The van der Waals surface area contributed by atoms with Gasteiger partial charge in [-0.2, -0.15) is 10.1 Å². The van der Waals surface area contributed by atoms with Gasteiger partial charge in [0.05, 0.1) is 16.9 Å². The van der Waals surface area contributed by atoms with Crippen molar-refractivity contribution in [2.45, 2.75) is 13.8 Å². The maximum atomic E-state index is 6.10. The number of benzene rings is 1. The Labute approximate surface area is 127 Å². The SMILES string of the molecule is CCN(CC)c1cnnc(Nc2ccc(Cl)cc2Cl)n1. The van der Waals surface area contributed by atoms with Gasteiger partial charge in [-0.3, -0.25) is 0 Å². The molecule has 106 valence electrons. The molecule has 0 radical (unpaired) electrons. The van der Waals surface area contributed by atoms with Crippen molar-refractivity contribution in [2.24, 2.45) is 0 Å². The molecule has 0 aliphatic heterocycles. The van der Waals surface area contributed by atoms with Gasteiger partial charge in [-0.1, -0.05) is 23.2 Å². The van der Waals surface area contributed by atoms with Crippen LogP contribution in [0.25, 0.3) is 0 Å². The van der Waals surface area contributed by atoms with Crippen molar-refractivity contribution in [2.75, 3.05) is 23.3 Å². The van der Waals surface area contributed by atoms with E-state index >= 15 is 0 Å². The van der Waals surface area contributed by atoms with Crippen LogP contribution in [0.15, 0.2) is 24.4 Å². The van der Waals surface area contributed by atoms with Gasteiger partial charge in [0, 0.05) is 18.1 Å². The second-order valence-electron chi connectivity index (χ2n) is 4.06. The molecular weight excluding hydrogens is 297 g/mol. The van der Waals surface area contributed by atoms with Crippen LogP contribution >= 0.6 is 23.2 Å². The second-order valence-corrected chi connectivity index (χ2v) is 4.90. The van der Waals surface area contributed by atoms with Crippen LogP contribution in [0, 0.1) is 0 Å². The van der Waals surface area contributed by atoms with Crippen LogP contribution in [0.1, 0.15) is 13.8 Å². The van der Waals surface area contributed by atoms with E-state index in [1.807, 2.05) is 0 Å². The summed E-state index contributed by atoms with van der Waals surface area (Å²) in [5, 5.41) is 12.0. The number of nitrogens with zero attached hydrogens (tertiary/aromatic N) is 4. The molecule has 7 heteroatoms. The maximum Gasteiger partial charge on any atom is 0.249 e. The first kappa shape index (κ1) is 14.8. The lowest BCUT2D eigenvalue weighted by molar-refractivity contribution is 0.826. The van der Waals surface area contributed by atoms with Crippen LogP contribution < -0.4 is 10.2 Å². The Morgan fingerprint density at radius 2 is 1.95 bits per heavy atom. The molecule has 5 nitrogen and oxygen atoms in total. The highest BCUT2D eigenvalue weighted by molar-refractivity contribution is 6.36. The quantitative estimate of drug-likeness (QED) is 0.911. The minimum absolute atomic E-state index is 0.402. The topological polar surface area (TPSA) is 53.9 Å². The average Bonchev–Trinajstić information content (AvgIpc) is 2.44. The van der Waals surface area contributed by atoms with Gasteiger partial charge in [0.1, 0.15) is 0 Å². The van der Waals surface area contributed by atoms with Crippen molar-refractivity contribution >= 4 is 40.7 Å². The van der Waals surface area contributed by atoms with E-state index in [9.17, 15) is 0 Å². The standard InChI is InChI=1S/C13H15Cl2N5/c1-3-20(4-2)12-8-16-19-13(18-12)17-11-6-5-9(14)7-10(11)15/h5-8H,3-4H2,1-2H3,(H,17,18,19). The predicted molar refractivity (Wildman–Crippen MR) is 83.1 cm³/mol. The molecule has 0 aliphatic carbocycles. The summed E-state index contributed by atoms with van der Waals surface area (Å²) in [5.41, 5.74) is 0.689. The predicted octanol–water partition coefficient (Wildman–Crippen LogP) is 3.77. The molecule has 1 aromatic heterocycles. The zero-order chi connectivity index (χ0) is 14.5. The molecule has 1 N–H and O–H groups in total. The molecule has 0 spiro atoms. The van der Waals surface area contributed by atoms with Gasteiger partial charge in [-0.15, -0.1) is 5.10 Å². The lowest BCUT2D eigenvalue weighted by Gasteiger charge is -2.19. The smallest absolute Gasteiger partial charge is 0.249 e. The summed E-state index contributed by atoms with van der Waals surface area (Å²) in [6.07, 6.45) is 1.64. The molecule has 2 rings (SSSR count). The average molecular weight is 312 g/mol. The molecular formula is C13H15Cl2N5. The van der Waals surface area contributed by atoms with Crippen molar-refractivity contribution in [1.29, 1.82) is 0 Å². The number of nitrogens with one attached hydrogen (secondary N) is 1. The molecule has 20 heavy (non-hydrogen) atoms. The lowest BCUT2D eigenvalue weighted by atomic mass is 10.3. The first-order valence-corrected chi connectivity index (χ1v) is 7.06. The molecule has 0 bridgehead atoms. The van der Waals surface area contributed by atoms with Crippen LogP contribution in [-0.4, -0.2) is 28.3 Å². The van der Waals surface area contributed by atoms with Crippen LogP contribution in [0.3, 0.4) is 0 Å². The third-order valence-corrected chi connectivity index (χ3v) is 3.36. The molecule has 0 atom stereocenters. The van der Waals surface area contributed by atoms with E-state index in [0.717, 1.165) is 18.9 Å². The van der Waals surface area contributed by atoms with E-state index < -0.39 is 0 Å². The van der Waals surface area contributed by atoms with Gasteiger partial charge >= 0.3 is 0 Å². The van der Waals surface area contributed by atoms with E-state index in [-0.39, 0.29) is 0 Å². The summed E-state index contributed by atoms with van der Waals surface area (Å²) in [4.78, 5) is 6.51. The summed E-state index contributed by atoms with van der Waals surface area (Å²) >= 11 is 12.0. The fraction of sp³-hybridized carbons (Fsp3) is 0.308. The Bertz CT molecular complexity index is 587. The van der Waals surface area contributed by atoms with E-state index in [4.69, 9.17) is 23.2 Å². The highest BCUT2D eigenvalue weighted by Crippen LogP contribution is 2.27. The van der Waals surface area contributed by atoms with E-state index in [1.165, 1.54) is 0 Å². The zero-order valence-electron chi connectivity index (χ0n) is 11.3. The molecule has 0 amide bonds. The molecule has 1 heterocycles. The fourth-order valence-corrected chi connectivity index (χ4v) is 2.21. The van der Waals surface area contributed by atoms with Crippen molar-refractivity contribution < 1.29 is 0 Å². The van der Waals surface area contributed by atoms with Crippen molar-refractivity contribution in [3.63, 3.8) is 0 Å². The molecule has 0 saturated carbocycles. The van der Waals surface area contributed by atoms with Crippen LogP contribution in [0.2, 0.25) is 10.0 Å². The Balaban J connectivity index is 2.23. The first-order valence-electron chi connectivity index (χ1n) is 6.30. The summed E-state index contributed by atoms with van der Waals surface area (Å²) in [6, 6.07) is 5.18. The largest absolute Gasteiger partial charge is 0.356 e. The highest BCUT2D eigenvalue weighted by atomic mass is 35.5. The van der Waals surface area contributed by atoms with Gasteiger partial charge < -0.3 is 10.2 Å². The normalized spacial score (nSPS) is 10.4. The summed E-state index contributed by atoms with van der Waals surface area (Å²) in [5.74, 6) is 1.18. The Morgan fingerprint density at radius 3 is 2.60 bits per heavy atom. The van der Waals surface area contributed by atoms with Gasteiger partial charge in [-0.05, 0) is 32.0 Å². The summed E-state index contributed by atoms with van der Waals surface area (Å²) in [7, 11) is 0. The van der Waals surface area contributed by atoms with E-state index in [2.05, 4.69) is 39.2 Å². The van der Waals surface area contributed by atoms with Gasteiger partial charge in [0.2, 0.25) is 5.95 Å². The van der Waals surface area contributed by atoms with Gasteiger partial charge in [0.15, 0.2) is 5.82 Å². The fourth-order valence-electron chi connectivity index (χ4n) is 1.76.